The molecule has 4 aliphatic rings. The second kappa shape index (κ2) is 7.74. The summed E-state index contributed by atoms with van der Waals surface area (Å²) in [5.74, 6) is 0.813. The third-order valence-corrected chi connectivity index (χ3v) is 9.27. The predicted octanol–water partition coefficient (Wildman–Crippen LogP) is 4.57. The Morgan fingerprint density at radius 1 is 0.828 bits per heavy atom. The van der Waals surface area contributed by atoms with Crippen LogP contribution in [0.2, 0.25) is 0 Å². The Kier molecular flexibility index (Phi) is 5.88. The zero-order chi connectivity index (χ0) is 20.9. The molecule has 2 aliphatic carbocycles. The molecular formula is C25H47FN3+. The Morgan fingerprint density at radius 3 is 1.79 bits per heavy atom. The Balaban J connectivity index is 1.19. The van der Waals surface area contributed by atoms with Gasteiger partial charge in [0.2, 0.25) is 0 Å². The highest BCUT2D eigenvalue weighted by atomic mass is 19.1. The van der Waals surface area contributed by atoms with Gasteiger partial charge in [-0.2, -0.15) is 0 Å². The fourth-order valence-corrected chi connectivity index (χ4v) is 6.95. The van der Waals surface area contributed by atoms with Gasteiger partial charge in [0.15, 0.2) is 0 Å². The van der Waals surface area contributed by atoms with Gasteiger partial charge in [0.1, 0.15) is 5.67 Å². The third-order valence-electron chi connectivity index (χ3n) is 9.27. The van der Waals surface area contributed by atoms with E-state index in [0.29, 0.717) is 23.4 Å². The maximum absolute atomic E-state index is 15.5. The highest BCUT2D eigenvalue weighted by Crippen LogP contribution is 2.57. The molecule has 4 fully saturated rings. The molecule has 29 heavy (non-hydrogen) atoms. The molecule has 0 aromatic heterocycles. The smallest absolute Gasteiger partial charge is 0.124 e. The van der Waals surface area contributed by atoms with Crippen molar-refractivity contribution < 1.29 is 8.87 Å². The maximum Gasteiger partial charge on any atom is 0.124 e. The number of halogens is 1. The van der Waals surface area contributed by atoms with Gasteiger partial charge >= 0.3 is 0 Å². The van der Waals surface area contributed by atoms with Gasteiger partial charge < -0.3 is 9.38 Å². The third kappa shape index (κ3) is 4.85. The van der Waals surface area contributed by atoms with E-state index in [1.165, 1.54) is 56.2 Å². The van der Waals surface area contributed by atoms with Crippen molar-refractivity contribution >= 4 is 0 Å². The summed E-state index contributed by atoms with van der Waals surface area (Å²) in [6, 6.07) is 0.689. The van der Waals surface area contributed by atoms with E-state index in [0.717, 1.165) is 44.9 Å². The molecule has 0 radical (unpaired) electrons. The summed E-state index contributed by atoms with van der Waals surface area (Å²) >= 11 is 0. The van der Waals surface area contributed by atoms with Crippen LogP contribution in [0.5, 0.6) is 0 Å². The summed E-state index contributed by atoms with van der Waals surface area (Å²) in [7, 11) is 2.39. The van der Waals surface area contributed by atoms with Crippen molar-refractivity contribution in [2.45, 2.75) is 84.4 Å². The first-order chi connectivity index (χ1) is 13.6. The summed E-state index contributed by atoms with van der Waals surface area (Å²) in [4.78, 5) is 5.10. The van der Waals surface area contributed by atoms with Crippen LogP contribution in [0.4, 0.5) is 4.39 Å². The summed E-state index contributed by atoms with van der Waals surface area (Å²) in [5.41, 5.74) is 0.0521. The molecule has 2 aliphatic heterocycles. The van der Waals surface area contributed by atoms with Gasteiger partial charge in [-0.25, -0.2) is 4.39 Å². The molecule has 1 spiro atoms. The zero-order valence-electron chi connectivity index (χ0n) is 20.0. The number of nitrogens with zero attached hydrogens (tertiary/aromatic N) is 3. The molecule has 2 saturated carbocycles. The molecule has 0 unspecified atom stereocenters. The lowest BCUT2D eigenvalue weighted by Gasteiger charge is -2.58. The van der Waals surface area contributed by atoms with Crippen molar-refractivity contribution in [2.24, 2.45) is 16.7 Å². The Labute approximate surface area is 179 Å². The Morgan fingerprint density at radius 2 is 1.34 bits per heavy atom. The van der Waals surface area contributed by atoms with E-state index >= 15 is 4.39 Å². The minimum absolute atomic E-state index is 0.332. The second-order valence-corrected chi connectivity index (χ2v) is 12.7. The fraction of sp³-hybridized carbons (Fsp3) is 1.00. The number of rotatable bonds is 7. The number of alkyl halides is 1. The number of hydrogen-bond acceptors (Lipinski definition) is 2. The topological polar surface area (TPSA) is 6.48 Å². The molecule has 0 bridgehead atoms. The van der Waals surface area contributed by atoms with Crippen molar-refractivity contribution in [3.63, 3.8) is 0 Å². The lowest BCUT2D eigenvalue weighted by Crippen LogP contribution is -2.63. The Bertz CT molecular complexity index is 559. The van der Waals surface area contributed by atoms with E-state index in [9.17, 15) is 0 Å². The average molecular weight is 409 g/mol. The number of quaternary nitrogens is 1. The van der Waals surface area contributed by atoms with Gasteiger partial charge in [-0.1, -0.05) is 13.8 Å². The standard InChI is InChI=1S/C25H47FN3/c1-21(2)16-23(6-7-23)19-27-10-12-28(13-11-27)20-25(26)17-24(18-25)8-14-29(5,15-9-24)22(3)4/h21-22H,6-20H2,1-5H3/q+1. The lowest BCUT2D eigenvalue weighted by atomic mass is 9.55. The second-order valence-electron chi connectivity index (χ2n) is 12.7. The minimum Gasteiger partial charge on any atom is -0.324 e. The van der Waals surface area contributed by atoms with Gasteiger partial charge in [-0.05, 0) is 62.7 Å². The van der Waals surface area contributed by atoms with Crippen LogP contribution in [0.15, 0.2) is 0 Å². The van der Waals surface area contributed by atoms with Crippen molar-refractivity contribution in [2.75, 3.05) is 59.4 Å². The quantitative estimate of drug-likeness (QED) is 0.570. The molecule has 4 rings (SSSR count). The molecular weight excluding hydrogens is 361 g/mol. The van der Waals surface area contributed by atoms with Crippen LogP contribution in [0.25, 0.3) is 0 Å². The molecule has 0 amide bonds. The first-order valence-electron chi connectivity index (χ1n) is 12.5. The highest BCUT2D eigenvalue weighted by Gasteiger charge is 2.58. The first-order valence-corrected chi connectivity index (χ1v) is 12.5. The summed E-state index contributed by atoms with van der Waals surface area (Å²) in [5, 5.41) is 0. The van der Waals surface area contributed by atoms with E-state index in [4.69, 9.17) is 0 Å². The molecule has 2 heterocycles. The monoisotopic (exact) mass is 408 g/mol. The van der Waals surface area contributed by atoms with Crippen LogP contribution in [0, 0.1) is 16.7 Å². The van der Waals surface area contributed by atoms with E-state index in [1.807, 2.05) is 0 Å². The van der Waals surface area contributed by atoms with Crippen molar-refractivity contribution in [3.05, 3.63) is 0 Å². The van der Waals surface area contributed by atoms with Crippen molar-refractivity contribution in [1.82, 2.24) is 9.80 Å². The largest absolute Gasteiger partial charge is 0.324 e. The van der Waals surface area contributed by atoms with Crippen LogP contribution in [-0.2, 0) is 0 Å². The summed E-state index contributed by atoms with van der Waals surface area (Å²) in [6.07, 6.45) is 8.37. The van der Waals surface area contributed by atoms with Gasteiger partial charge in [-0.15, -0.1) is 0 Å². The van der Waals surface area contributed by atoms with Gasteiger partial charge in [-0.3, -0.25) is 4.90 Å². The van der Waals surface area contributed by atoms with Gasteiger partial charge in [0, 0.05) is 52.1 Å². The van der Waals surface area contributed by atoms with Gasteiger partial charge in [0.05, 0.1) is 26.2 Å². The van der Waals surface area contributed by atoms with E-state index in [2.05, 4.69) is 44.5 Å². The zero-order valence-corrected chi connectivity index (χ0v) is 20.0. The molecule has 3 nitrogen and oxygen atoms in total. The first kappa shape index (κ1) is 22.0. The van der Waals surface area contributed by atoms with Crippen molar-refractivity contribution in [1.29, 1.82) is 0 Å². The molecule has 0 aromatic carbocycles. The maximum atomic E-state index is 15.5. The van der Waals surface area contributed by atoms with Gasteiger partial charge in [0.25, 0.3) is 0 Å². The van der Waals surface area contributed by atoms with Crippen LogP contribution in [-0.4, -0.2) is 85.4 Å². The summed E-state index contributed by atoms with van der Waals surface area (Å²) < 4.78 is 16.7. The van der Waals surface area contributed by atoms with E-state index in [1.54, 1.807) is 0 Å². The van der Waals surface area contributed by atoms with E-state index < -0.39 is 5.67 Å². The number of piperazine rings is 1. The van der Waals surface area contributed by atoms with Crippen molar-refractivity contribution in [3.8, 4) is 0 Å². The van der Waals surface area contributed by atoms with Crippen LogP contribution >= 0.6 is 0 Å². The van der Waals surface area contributed by atoms with E-state index in [-0.39, 0.29) is 0 Å². The Hall–Kier alpha value is -0.190. The minimum atomic E-state index is -0.907. The number of likely N-dealkylation sites (tertiary alicyclic amines) is 1. The molecule has 0 aromatic rings. The predicted molar refractivity (Wildman–Crippen MR) is 120 cm³/mol. The lowest BCUT2D eigenvalue weighted by molar-refractivity contribution is -0.936. The van der Waals surface area contributed by atoms with Crippen LogP contribution in [0.1, 0.15) is 72.6 Å². The molecule has 0 atom stereocenters. The number of piperidine rings is 1. The summed E-state index contributed by atoms with van der Waals surface area (Å²) in [6.45, 7) is 18.3. The van der Waals surface area contributed by atoms with Crippen LogP contribution < -0.4 is 0 Å². The fourth-order valence-electron chi connectivity index (χ4n) is 6.95. The molecule has 0 N–H and O–H groups in total. The molecule has 4 heteroatoms. The normalized spacial score (nSPS) is 40.6. The molecule has 168 valence electrons. The number of hydrogen-bond donors (Lipinski definition) is 0. The molecule has 2 saturated heterocycles. The van der Waals surface area contributed by atoms with Crippen LogP contribution in [0.3, 0.4) is 0 Å². The highest BCUT2D eigenvalue weighted by molar-refractivity contribution is 5.07. The average Bonchev–Trinajstić information content (AvgIpc) is 3.36. The SMILES string of the molecule is CC(C)CC1(CN2CCN(CC3(F)CC4(CC[N+](C)(C(C)C)CC4)C3)CC2)CC1.